The van der Waals surface area contributed by atoms with Gasteiger partial charge in [0.05, 0.1) is 17.6 Å². The molecule has 0 aromatic heterocycles. The molecule has 0 saturated heterocycles. The van der Waals surface area contributed by atoms with Crippen molar-refractivity contribution < 1.29 is 23.8 Å². The molecule has 0 saturated carbocycles. The molecule has 1 heterocycles. The summed E-state index contributed by atoms with van der Waals surface area (Å²) in [7, 11) is 0. The number of hydrogen-bond acceptors (Lipinski definition) is 6. The van der Waals surface area contributed by atoms with Crippen LogP contribution in [0.4, 0.5) is 0 Å². The Morgan fingerprint density at radius 1 is 1.03 bits per heavy atom. The summed E-state index contributed by atoms with van der Waals surface area (Å²) in [6.45, 7) is 10.3. The maximum absolute atomic E-state index is 13.5. The highest BCUT2D eigenvalue weighted by molar-refractivity contribution is 6.04. The number of dihydropyridines is 1. The number of benzene rings is 2. The van der Waals surface area contributed by atoms with Gasteiger partial charge in [0.25, 0.3) is 0 Å². The van der Waals surface area contributed by atoms with Crippen LogP contribution in [0.25, 0.3) is 0 Å². The SMILES string of the molecule is CC1=C(C(=O)OCCOc2ccccc2)[C@H](c2ccccc2OC(C)C)C2=C(CC(C)(C)CC2=O)N1. The molecule has 0 fully saturated rings. The molecule has 36 heavy (non-hydrogen) atoms. The van der Waals surface area contributed by atoms with E-state index in [1.807, 2.05) is 75.4 Å². The quantitative estimate of drug-likeness (QED) is 0.379. The van der Waals surface area contributed by atoms with Gasteiger partial charge in [0.15, 0.2) is 5.78 Å². The normalized spacial score (nSPS) is 19.1. The number of para-hydroxylation sites is 2. The van der Waals surface area contributed by atoms with E-state index in [4.69, 9.17) is 14.2 Å². The van der Waals surface area contributed by atoms with Crippen LogP contribution in [0.1, 0.15) is 58.9 Å². The minimum absolute atomic E-state index is 0.0447. The predicted octanol–water partition coefficient (Wildman–Crippen LogP) is 5.70. The summed E-state index contributed by atoms with van der Waals surface area (Å²) in [4.78, 5) is 27.0. The van der Waals surface area contributed by atoms with Gasteiger partial charge < -0.3 is 19.5 Å². The first-order chi connectivity index (χ1) is 17.2. The van der Waals surface area contributed by atoms with Gasteiger partial charge in [-0.1, -0.05) is 50.2 Å². The fraction of sp³-hybridized carbons (Fsp3) is 0.400. The van der Waals surface area contributed by atoms with E-state index in [-0.39, 0.29) is 30.5 Å². The first-order valence-electron chi connectivity index (χ1n) is 12.5. The van der Waals surface area contributed by atoms with Crippen molar-refractivity contribution in [2.24, 2.45) is 5.41 Å². The van der Waals surface area contributed by atoms with Crippen LogP contribution >= 0.6 is 0 Å². The standard InChI is InChI=1S/C30H35NO5/c1-19(2)36-25-14-10-9-13-22(25)27-26(29(33)35-16-15-34-21-11-7-6-8-12-21)20(3)31-23-17-30(4,5)18-24(32)28(23)27/h6-14,19,27,31H,15-18H2,1-5H3/t27-/m0/s1. The Hall–Kier alpha value is -3.54. The van der Waals surface area contributed by atoms with E-state index in [0.717, 1.165) is 17.7 Å². The van der Waals surface area contributed by atoms with Crippen molar-refractivity contribution in [1.82, 2.24) is 5.32 Å². The van der Waals surface area contributed by atoms with Gasteiger partial charge in [-0.25, -0.2) is 4.79 Å². The highest BCUT2D eigenvalue weighted by atomic mass is 16.6. The lowest BCUT2D eigenvalue weighted by Crippen LogP contribution is -2.39. The first-order valence-corrected chi connectivity index (χ1v) is 12.5. The van der Waals surface area contributed by atoms with Crippen LogP contribution in [0, 0.1) is 5.41 Å². The molecule has 4 rings (SSSR count). The van der Waals surface area contributed by atoms with E-state index in [1.54, 1.807) is 0 Å². The summed E-state index contributed by atoms with van der Waals surface area (Å²) in [6, 6.07) is 17.0. The fourth-order valence-electron chi connectivity index (χ4n) is 4.99. The Morgan fingerprint density at radius 2 is 1.72 bits per heavy atom. The third kappa shape index (κ3) is 5.64. The van der Waals surface area contributed by atoms with Gasteiger partial charge in [-0.2, -0.15) is 0 Å². The van der Waals surface area contributed by atoms with Crippen molar-refractivity contribution >= 4 is 11.8 Å². The number of ketones is 1. The topological polar surface area (TPSA) is 73.9 Å². The molecule has 1 aliphatic carbocycles. The van der Waals surface area contributed by atoms with E-state index in [1.165, 1.54) is 0 Å². The number of allylic oxidation sites excluding steroid dienone is 3. The third-order valence-corrected chi connectivity index (χ3v) is 6.38. The van der Waals surface area contributed by atoms with Crippen LogP contribution in [-0.2, 0) is 14.3 Å². The molecule has 2 aliphatic rings. The number of nitrogens with one attached hydrogen (secondary N) is 1. The Bertz CT molecular complexity index is 1190. The highest BCUT2D eigenvalue weighted by Crippen LogP contribution is 2.48. The number of carbonyl (C=O) groups excluding carboxylic acids is 2. The number of ether oxygens (including phenoxy) is 3. The Balaban J connectivity index is 1.66. The third-order valence-electron chi connectivity index (χ3n) is 6.38. The second kappa shape index (κ2) is 10.6. The first kappa shape index (κ1) is 25.5. The Morgan fingerprint density at radius 3 is 2.44 bits per heavy atom. The summed E-state index contributed by atoms with van der Waals surface area (Å²) in [6.07, 6.45) is 1.09. The molecule has 0 radical (unpaired) electrons. The predicted molar refractivity (Wildman–Crippen MR) is 139 cm³/mol. The van der Waals surface area contributed by atoms with E-state index in [9.17, 15) is 9.59 Å². The Kier molecular flexibility index (Phi) is 7.53. The zero-order valence-corrected chi connectivity index (χ0v) is 21.7. The molecule has 6 heteroatoms. The van der Waals surface area contributed by atoms with Crippen LogP contribution in [0.2, 0.25) is 0 Å². The summed E-state index contributed by atoms with van der Waals surface area (Å²) >= 11 is 0. The van der Waals surface area contributed by atoms with Crippen LogP contribution in [0.5, 0.6) is 11.5 Å². The molecule has 2 aromatic carbocycles. The summed E-state index contributed by atoms with van der Waals surface area (Å²) < 4.78 is 17.5. The second-order valence-electron chi connectivity index (χ2n) is 10.4. The number of esters is 1. The minimum atomic E-state index is -0.567. The minimum Gasteiger partial charge on any atom is -0.491 e. The molecule has 0 bridgehead atoms. The molecule has 0 spiro atoms. The molecular weight excluding hydrogens is 454 g/mol. The van der Waals surface area contributed by atoms with Crippen molar-refractivity contribution in [1.29, 1.82) is 0 Å². The number of carbonyl (C=O) groups is 2. The van der Waals surface area contributed by atoms with Crippen LogP contribution < -0.4 is 14.8 Å². The van der Waals surface area contributed by atoms with E-state index < -0.39 is 11.9 Å². The Labute approximate surface area is 213 Å². The smallest absolute Gasteiger partial charge is 0.336 e. The highest BCUT2D eigenvalue weighted by Gasteiger charge is 2.44. The molecule has 2 aromatic rings. The van der Waals surface area contributed by atoms with E-state index in [2.05, 4.69) is 19.2 Å². The van der Waals surface area contributed by atoms with Crippen molar-refractivity contribution in [3.05, 3.63) is 82.7 Å². The van der Waals surface area contributed by atoms with Gasteiger partial charge in [-0.05, 0) is 50.8 Å². The van der Waals surface area contributed by atoms with Crippen molar-refractivity contribution in [2.45, 2.75) is 59.5 Å². The lowest BCUT2D eigenvalue weighted by Gasteiger charge is -2.39. The molecule has 0 unspecified atom stereocenters. The van der Waals surface area contributed by atoms with Gasteiger partial charge in [-0.15, -0.1) is 0 Å². The zero-order chi connectivity index (χ0) is 25.9. The summed E-state index contributed by atoms with van der Waals surface area (Å²) in [5.74, 6) is 0.386. The number of hydrogen-bond donors (Lipinski definition) is 1. The lowest BCUT2D eigenvalue weighted by molar-refractivity contribution is -0.140. The molecule has 1 atom stereocenters. The van der Waals surface area contributed by atoms with Crippen molar-refractivity contribution in [3.63, 3.8) is 0 Å². The van der Waals surface area contributed by atoms with Crippen LogP contribution in [0.3, 0.4) is 0 Å². The van der Waals surface area contributed by atoms with Crippen LogP contribution in [0.15, 0.2) is 77.1 Å². The molecule has 190 valence electrons. The summed E-state index contributed by atoms with van der Waals surface area (Å²) in [5, 5.41) is 3.38. The maximum atomic E-state index is 13.5. The van der Waals surface area contributed by atoms with Gasteiger partial charge in [0, 0.05) is 29.0 Å². The second-order valence-corrected chi connectivity index (χ2v) is 10.4. The van der Waals surface area contributed by atoms with Gasteiger partial charge in [0.1, 0.15) is 24.7 Å². The van der Waals surface area contributed by atoms with Gasteiger partial charge in [-0.3, -0.25) is 4.79 Å². The zero-order valence-electron chi connectivity index (χ0n) is 21.7. The van der Waals surface area contributed by atoms with Crippen LogP contribution in [-0.4, -0.2) is 31.1 Å². The fourth-order valence-corrected chi connectivity index (χ4v) is 4.99. The van der Waals surface area contributed by atoms with E-state index >= 15 is 0 Å². The van der Waals surface area contributed by atoms with E-state index in [0.29, 0.717) is 34.8 Å². The molecule has 6 nitrogen and oxygen atoms in total. The number of Topliss-reactive ketones (excluding diaryl/α,β-unsaturated/α-hetero) is 1. The van der Waals surface area contributed by atoms with Gasteiger partial charge >= 0.3 is 5.97 Å². The van der Waals surface area contributed by atoms with Crippen molar-refractivity contribution in [2.75, 3.05) is 13.2 Å². The average molecular weight is 490 g/mol. The molecular formula is C30H35NO5. The molecule has 1 N–H and O–H groups in total. The largest absolute Gasteiger partial charge is 0.491 e. The maximum Gasteiger partial charge on any atom is 0.336 e. The average Bonchev–Trinajstić information content (AvgIpc) is 2.80. The monoisotopic (exact) mass is 489 g/mol. The number of rotatable bonds is 8. The van der Waals surface area contributed by atoms with Crippen molar-refractivity contribution in [3.8, 4) is 11.5 Å². The summed E-state index contributed by atoms with van der Waals surface area (Å²) in [5.41, 5.74) is 3.27. The molecule has 0 amide bonds. The lowest BCUT2D eigenvalue weighted by atomic mass is 9.68. The molecule has 1 aliphatic heterocycles. The van der Waals surface area contributed by atoms with Gasteiger partial charge in [0.2, 0.25) is 0 Å².